The molecule has 0 amide bonds. The SMILES string of the molecule is CC(C)O.COc1ccccc1OCCNCC(O)COc1cccc2[nH]c3ccccc3c12. The van der Waals surface area contributed by atoms with E-state index in [0.717, 1.165) is 27.6 Å². The van der Waals surface area contributed by atoms with E-state index < -0.39 is 6.10 Å². The molecule has 1 aromatic heterocycles. The predicted octanol–water partition coefficient (Wildman–Crippen LogP) is 4.13. The lowest BCUT2D eigenvalue weighted by Gasteiger charge is -2.15. The van der Waals surface area contributed by atoms with E-state index in [1.807, 2.05) is 60.7 Å². The van der Waals surface area contributed by atoms with Crippen molar-refractivity contribution in [1.82, 2.24) is 10.3 Å². The van der Waals surface area contributed by atoms with Gasteiger partial charge in [0.1, 0.15) is 25.1 Å². The van der Waals surface area contributed by atoms with Crippen molar-refractivity contribution in [1.29, 1.82) is 0 Å². The molecule has 1 heterocycles. The standard InChI is InChI=1S/C24H26N2O4.C3H8O/c1-28-21-10-4-5-11-22(21)29-14-13-25-15-17(27)16-30-23-12-6-9-20-24(23)18-7-2-3-8-19(18)26-20;1-3(2)4/h2-12,17,25-27H,13-16H2,1H3;3-4H,1-2H3. The topological polar surface area (TPSA) is 96.0 Å². The zero-order valence-corrected chi connectivity index (χ0v) is 20.0. The Morgan fingerprint density at radius 3 is 2.24 bits per heavy atom. The number of aromatic nitrogens is 1. The Morgan fingerprint density at radius 1 is 0.824 bits per heavy atom. The molecule has 1 unspecified atom stereocenters. The molecule has 0 fully saturated rings. The highest BCUT2D eigenvalue weighted by molar-refractivity contribution is 6.10. The Bertz CT molecular complexity index is 1160. The van der Waals surface area contributed by atoms with Gasteiger partial charge < -0.3 is 34.7 Å². The predicted molar refractivity (Wildman–Crippen MR) is 136 cm³/mol. The van der Waals surface area contributed by atoms with E-state index in [4.69, 9.17) is 19.3 Å². The summed E-state index contributed by atoms with van der Waals surface area (Å²) >= 11 is 0. The lowest BCUT2D eigenvalue weighted by atomic mass is 10.1. The number of hydrogen-bond donors (Lipinski definition) is 4. The molecule has 182 valence electrons. The van der Waals surface area contributed by atoms with Crippen molar-refractivity contribution in [3.63, 3.8) is 0 Å². The zero-order valence-electron chi connectivity index (χ0n) is 20.0. The second-order valence-corrected chi connectivity index (χ2v) is 8.11. The molecule has 0 aliphatic carbocycles. The Hall–Kier alpha value is -3.26. The first-order chi connectivity index (χ1) is 16.5. The number of para-hydroxylation sites is 3. The van der Waals surface area contributed by atoms with Gasteiger partial charge in [-0.25, -0.2) is 0 Å². The average molecular weight is 467 g/mol. The quantitative estimate of drug-likeness (QED) is 0.263. The summed E-state index contributed by atoms with van der Waals surface area (Å²) in [6, 6.07) is 21.6. The maximum Gasteiger partial charge on any atom is 0.161 e. The fraction of sp³-hybridized carbons (Fsp3) is 0.333. The van der Waals surface area contributed by atoms with E-state index in [1.165, 1.54) is 0 Å². The molecule has 0 aliphatic rings. The van der Waals surface area contributed by atoms with Crippen LogP contribution in [0, 0.1) is 0 Å². The number of benzene rings is 3. The molecule has 0 radical (unpaired) electrons. The highest BCUT2D eigenvalue weighted by Gasteiger charge is 2.11. The second-order valence-electron chi connectivity index (χ2n) is 8.11. The van der Waals surface area contributed by atoms with E-state index in [1.54, 1.807) is 21.0 Å². The average Bonchev–Trinajstić information content (AvgIpc) is 3.21. The van der Waals surface area contributed by atoms with Gasteiger partial charge in [-0.1, -0.05) is 36.4 Å². The third-order valence-electron chi connectivity index (χ3n) is 4.91. The second kappa shape index (κ2) is 12.8. The maximum atomic E-state index is 10.3. The van der Waals surface area contributed by atoms with Crippen LogP contribution in [0.25, 0.3) is 21.8 Å². The largest absolute Gasteiger partial charge is 0.493 e. The minimum absolute atomic E-state index is 0.167. The van der Waals surface area contributed by atoms with Crippen molar-refractivity contribution >= 4 is 21.8 Å². The number of aliphatic hydroxyl groups is 2. The van der Waals surface area contributed by atoms with Crippen LogP contribution in [0.2, 0.25) is 0 Å². The van der Waals surface area contributed by atoms with E-state index in [9.17, 15) is 5.11 Å². The fourth-order valence-corrected chi connectivity index (χ4v) is 3.47. The van der Waals surface area contributed by atoms with Crippen LogP contribution in [-0.2, 0) is 0 Å². The molecule has 0 saturated carbocycles. The molecule has 4 aromatic rings. The summed E-state index contributed by atoms with van der Waals surface area (Å²) < 4.78 is 16.9. The van der Waals surface area contributed by atoms with E-state index in [-0.39, 0.29) is 12.7 Å². The lowest BCUT2D eigenvalue weighted by molar-refractivity contribution is 0.106. The molecular weight excluding hydrogens is 432 g/mol. The summed E-state index contributed by atoms with van der Waals surface area (Å²) in [7, 11) is 1.62. The van der Waals surface area contributed by atoms with Crippen molar-refractivity contribution in [3.8, 4) is 17.2 Å². The molecule has 0 aliphatic heterocycles. The number of rotatable bonds is 10. The molecule has 34 heavy (non-hydrogen) atoms. The van der Waals surface area contributed by atoms with Crippen LogP contribution in [0.5, 0.6) is 17.2 Å². The van der Waals surface area contributed by atoms with Crippen molar-refractivity contribution in [2.45, 2.75) is 26.1 Å². The normalized spacial score (nSPS) is 11.8. The van der Waals surface area contributed by atoms with Gasteiger partial charge in [0.15, 0.2) is 11.5 Å². The minimum Gasteiger partial charge on any atom is -0.493 e. The summed E-state index contributed by atoms with van der Waals surface area (Å²) in [5.41, 5.74) is 2.09. The number of methoxy groups -OCH3 is 1. The molecule has 0 bridgehead atoms. The van der Waals surface area contributed by atoms with Crippen LogP contribution in [-0.4, -0.2) is 60.8 Å². The van der Waals surface area contributed by atoms with Crippen molar-refractivity contribution in [2.75, 3.05) is 33.4 Å². The summed E-state index contributed by atoms with van der Waals surface area (Å²) in [6.07, 6.45) is -0.795. The molecule has 4 N–H and O–H groups in total. The van der Waals surface area contributed by atoms with Gasteiger partial charge in [-0.15, -0.1) is 0 Å². The maximum absolute atomic E-state index is 10.3. The van der Waals surface area contributed by atoms with E-state index in [2.05, 4.69) is 16.4 Å². The number of ether oxygens (including phenoxy) is 3. The molecule has 1 atom stereocenters. The monoisotopic (exact) mass is 466 g/mol. The number of aliphatic hydroxyl groups excluding tert-OH is 2. The molecule has 7 nitrogen and oxygen atoms in total. The van der Waals surface area contributed by atoms with Crippen LogP contribution in [0.15, 0.2) is 66.7 Å². The number of hydrogen-bond acceptors (Lipinski definition) is 6. The summed E-state index contributed by atoms with van der Waals surface area (Å²) in [5, 5.41) is 23.7. The Labute approximate surface area is 200 Å². The van der Waals surface area contributed by atoms with Crippen LogP contribution in [0.4, 0.5) is 0 Å². The molecule has 0 spiro atoms. The molecule has 4 rings (SSSR count). The highest BCUT2D eigenvalue weighted by atomic mass is 16.5. The van der Waals surface area contributed by atoms with Crippen molar-refractivity contribution < 1.29 is 24.4 Å². The fourth-order valence-electron chi connectivity index (χ4n) is 3.47. The zero-order chi connectivity index (χ0) is 24.3. The number of fused-ring (bicyclic) bond motifs is 3. The summed E-state index contributed by atoms with van der Waals surface area (Å²) in [5.74, 6) is 2.18. The van der Waals surface area contributed by atoms with Crippen LogP contribution >= 0.6 is 0 Å². The lowest BCUT2D eigenvalue weighted by Crippen LogP contribution is -2.33. The van der Waals surface area contributed by atoms with E-state index >= 15 is 0 Å². The molecule has 7 heteroatoms. The third-order valence-corrected chi connectivity index (χ3v) is 4.91. The number of H-pyrrole nitrogens is 1. The Kier molecular flexibility index (Phi) is 9.58. The number of nitrogens with one attached hydrogen (secondary N) is 2. The van der Waals surface area contributed by atoms with Crippen molar-refractivity contribution in [2.24, 2.45) is 0 Å². The summed E-state index contributed by atoms with van der Waals surface area (Å²) in [6.45, 7) is 5.15. The van der Waals surface area contributed by atoms with Crippen LogP contribution in [0.1, 0.15) is 13.8 Å². The summed E-state index contributed by atoms with van der Waals surface area (Å²) in [4.78, 5) is 3.40. The van der Waals surface area contributed by atoms with Gasteiger partial charge in [0, 0.05) is 35.5 Å². The van der Waals surface area contributed by atoms with Gasteiger partial charge in [0.2, 0.25) is 0 Å². The van der Waals surface area contributed by atoms with Gasteiger partial charge in [0.05, 0.1) is 12.6 Å². The van der Waals surface area contributed by atoms with Crippen molar-refractivity contribution in [3.05, 3.63) is 66.7 Å². The first kappa shape index (κ1) is 25.4. The molecular formula is C27H34N2O5. The van der Waals surface area contributed by atoms with E-state index in [0.29, 0.717) is 31.2 Å². The highest BCUT2D eigenvalue weighted by Crippen LogP contribution is 2.33. The van der Waals surface area contributed by atoms with Gasteiger partial charge in [-0.3, -0.25) is 0 Å². The van der Waals surface area contributed by atoms with Gasteiger partial charge in [-0.2, -0.15) is 0 Å². The Morgan fingerprint density at radius 2 is 1.47 bits per heavy atom. The minimum atomic E-state index is -0.628. The smallest absolute Gasteiger partial charge is 0.161 e. The molecule has 3 aromatic carbocycles. The first-order valence-corrected chi connectivity index (χ1v) is 11.4. The number of aromatic amines is 1. The molecule has 0 saturated heterocycles. The Balaban J connectivity index is 0.000000751. The third kappa shape index (κ3) is 7.12. The van der Waals surface area contributed by atoms with Crippen LogP contribution in [0.3, 0.4) is 0 Å². The first-order valence-electron chi connectivity index (χ1n) is 11.4. The van der Waals surface area contributed by atoms with Gasteiger partial charge in [-0.05, 0) is 44.2 Å². The van der Waals surface area contributed by atoms with Gasteiger partial charge >= 0.3 is 0 Å². The van der Waals surface area contributed by atoms with Crippen LogP contribution < -0.4 is 19.5 Å². The van der Waals surface area contributed by atoms with Gasteiger partial charge in [0.25, 0.3) is 0 Å².